The first-order valence-corrected chi connectivity index (χ1v) is 11.4. The van der Waals surface area contributed by atoms with Crippen LogP contribution in [0, 0.1) is 5.92 Å². The Hall–Kier alpha value is -1.93. The molecule has 8 heteroatoms. The Kier molecular flexibility index (Phi) is 6.78. The number of hydrogen-bond donors (Lipinski definition) is 1. The number of carbonyl (C=O) groups is 3. The lowest BCUT2D eigenvalue weighted by Crippen LogP contribution is -2.49. The Morgan fingerprint density at radius 3 is 2.19 bits per heavy atom. The number of rotatable bonds is 2. The van der Waals surface area contributed by atoms with Crippen LogP contribution in [0.2, 0.25) is 0 Å². The highest BCUT2D eigenvalue weighted by molar-refractivity contribution is 5.89. The molecule has 0 aliphatic carbocycles. The van der Waals surface area contributed by atoms with E-state index in [0.29, 0.717) is 44.1 Å². The lowest BCUT2D eigenvalue weighted by Gasteiger charge is -2.39. The standard InChI is InChI=1S/C24H36O8/c1-14-17-7-11-23(5,32-21(14)27)19(29-15(2)25)8-10-22(4,28)18-9-12-24(6,31-18)20(13-17)30-16(3)26/h17-20,28H,1,7-13H2,2-6H3/t17-,18-,19+,20-,22-,23-,24?/m1/s1. The van der Waals surface area contributed by atoms with Gasteiger partial charge in [0, 0.05) is 19.4 Å². The predicted molar refractivity (Wildman–Crippen MR) is 114 cm³/mol. The molecule has 3 aliphatic rings. The molecule has 4 bridgehead atoms. The molecule has 3 heterocycles. The molecule has 0 radical (unpaired) electrons. The quantitative estimate of drug-likeness (QED) is 0.387. The maximum Gasteiger partial charge on any atom is 0.334 e. The van der Waals surface area contributed by atoms with Gasteiger partial charge >= 0.3 is 17.9 Å². The van der Waals surface area contributed by atoms with E-state index in [1.807, 2.05) is 6.92 Å². The Bertz CT molecular complexity index is 789. The lowest BCUT2D eigenvalue weighted by molar-refractivity contribution is -0.191. The Labute approximate surface area is 189 Å². The molecule has 3 saturated heterocycles. The lowest BCUT2D eigenvalue weighted by atomic mass is 9.79. The first-order chi connectivity index (χ1) is 14.8. The van der Waals surface area contributed by atoms with Gasteiger partial charge in [0.25, 0.3) is 0 Å². The summed E-state index contributed by atoms with van der Waals surface area (Å²) in [6, 6.07) is 0. The Morgan fingerprint density at radius 2 is 1.56 bits per heavy atom. The minimum Gasteiger partial charge on any atom is -0.459 e. The van der Waals surface area contributed by atoms with Crippen LogP contribution in [0.3, 0.4) is 0 Å². The average molecular weight is 453 g/mol. The number of ether oxygens (including phenoxy) is 4. The van der Waals surface area contributed by atoms with E-state index >= 15 is 0 Å². The van der Waals surface area contributed by atoms with Crippen LogP contribution in [-0.2, 0) is 33.3 Å². The molecule has 0 aromatic rings. The summed E-state index contributed by atoms with van der Waals surface area (Å²) in [6.07, 6.45) is 1.32. The van der Waals surface area contributed by atoms with Crippen LogP contribution in [0.5, 0.6) is 0 Å². The third-order valence-corrected chi connectivity index (χ3v) is 7.47. The van der Waals surface area contributed by atoms with Crippen LogP contribution in [0.1, 0.15) is 79.6 Å². The number of hydrogen-bond acceptors (Lipinski definition) is 8. The molecule has 0 aromatic carbocycles. The van der Waals surface area contributed by atoms with Crippen LogP contribution >= 0.6 is 0 Å². The van der Waals surface area contributed by atoms with Gasteiger partial charge in [-0.2, -0.15) is 0 Å². The van der Waals surface area contributed by atoms with Crippen LogP contribution < -0.4 is 0 Å². The molecule has 8 nitrogen and oxygen atoms in total. The minimum atomic E-state index is -1.21. The van der Waals surface area contributed by atoms with E-state index in [4.69, 9.17) is 18.9 Å². The van der Waals surface area contributed by atoms with E-state index in [1.165, 1.54) is 13.8 Å². The molecule has 32 heavy (non-hydrogen) atoms. The van der Waals surface area contributed by atoms with Gasteiger partial charge in [-0.25, -0.2) is 4.79 Å². The zero-order valence-corrected chi connectivity index (χ0v) is 19.8. The van der Waals surface area contributed by atoms with Crippen molar-refractivity contribution in [1.82, 2.24) is 0 Å². The topological polar surface area (TPSA) is 108 Å². The molecule has 3 rings (SSSR count). The first kappa shape index (κ1) is 24.7. The normalized spacial score (nSPS) is 42.7. The van der Waals surface area contributed by atoms with Gasteiger partial charge < -0.3 is 24.1 Å². The maximum atomic E-state index is 12.9. The van der Waals surface area contributed by atoms with Crippen molar-refractivity contribution in [3.05, 3.63) is 12.2 Å². The second-order valence-corrected chi connectivity index (χ2v) is 10.2. The number of fused-ring (bicyclic) bond motifs is 5. The molecule has 0 amide bonds. The molecule has 0 aromatic heterocycles. The second kappa shape index (κ2) is 8.78. The minimum absolute atomic E-state index is 0.279. The van der Waals surface area contributed by atoms with Crippen molar-refractivity contribution in [3.8, 4) is 0 Å². The highest BCUT2D eigenvalue weighted by atomic mass is 16.6. The molecule has 1 unspecified atom stereocenters. The molecule has 0 spiro atoms. The third kappa shape index (κ3) is 5.01. The third-order valence-electron chi connectivity index (χ3n) is 7.47. The summed E-state index contributed by atoms with van der Waals surface area (Å²) in [5.41, 5.74) is -2.76. The summed E-state index contributed by atoms with van der Waals surface area (Å²) in [4.78, 5) is 36.7. The van der Waals surface area contributed by atoms with Crippen molar-refractivity contribution in [2.45, 2.75) is 115 Å². The van der Waals surface area contributed by atoms with Gasteiger partial charge in [-0.15, -0.1) is 0 Å². The highest BCUT2D eigenvalue weighted by Crippen LogP contribution is 2.45. The first-order valence-electron chi connectivity index (χ1n) is 11.4. The zero-order chi connectivity index (χ0) is 23.9. The van der Waals surface area contributed by atoms with Gasteiger partial charge in [0.05, 0.1) is 11.7 Å². The fourth-order valence-corrected chi connectivity index (χ4v) is 5.31. The molecule has 1 N–H and O–H groups in total. The summed E-state index contributed by atoms with van der Waals surface area (Å²) < 4.78 is 23.5. The van der Waals surface area contributed by atoms with Crippen molar-refractivity contribution < 1.29 is 38.4 Å². The van der Waals surface area contributed by atoms with Gasteiger partial charge in [-0.05, 0) is 71.6 Å². The van der Waals surface area contributed by atoms with Crippen LogP contribution in [0.15, 0.2) is 12.2 Å². The smallest absolute Gasteiger partial charge is 0.334 e. The monoisotopic (exact) mass is 452 g/mol. The van der Waals surface area contributed by atoms with Crippen LogP contribution in [0.4, 0.5) is 0 Å². The summed E-state index contributed by atoms with van der Waals surface area (Å²) in [7, 11) is 0. The van der Waals surface area contributed by atoms with Crippen molar-refractivity contribution in [1.29, 1.82) is 0 Å². The summed E-state index contributed by atoms with van der Waals surface area (Å²) in [6.45, 7) is 12.0. The Balaban J connectivity index is 2.04. The van der Waals surface area contributed by atoms with Crippen molar-refractivity contribution in [2.75, 3.05) is 0 Å². The van der Waals surface area contributed by atoms with Gasteiger partial charge in [0.2, 0.25) is 0 Å². The van der Waals surface area contributed by atoms with E-state index in [1.54, 1.807) is 13.8 Å². The van der Waals surface area contributed by atoms with Crippen molar-refractivity contribution in [2.24, 2.45) is 5.92 Å². The molecule has 0 saturated carbocycles. The van der Waals surface area contributed by atoms with Crippen molar-refractivity contribution >= 4 is 17.9 Å². The fourth-order valence-electron chi connectivity index (χ4n) is 5.31. The SMILES string of the molecule is C=C1C(=O)O[C@]2(C)CC[C@@H]1C[C@@H](OC(C)=O)C1(C)CC[C@@H](O1)[C@](C)(O)CC[C@@H]2OC(C)=O. The van der Waals surface area contributed by atoms with E-state index < -0.39 is 53.0 Å². The zero-order valence-electron chi connectivity index (χ0n) is 19.8. The average Bonchev–Trinajstić information content (AvgIpc) is 3.05. The van der Waals surface area contributed by atoms with Crippen LogP contribution in [-0.4, -0.2) is 58.1 Å². The summed E-state index contributed by atoms with van der Waals surface area (Å²) in [5, 5.41) is 11.3. The number of aliphatic hydroxyl groups is 1. The molecular formula is C24H36O8. The van der Waals surface area contributed by atoms with E-state index in [2.05, 4.69) is 6.58 Å². The summed E-state index contributed by atoms with van der Waals surface area (Å²) in [5.74, 6) is -1.74. The molecule has 3 fully saturated rings. The fraction of sp³-hybridized carbons (Fsp3) is 0.792. The maximum absolute atomic E-state index is 12.9. The molecule has 3 aliphatic heterocycles. The predicted octanol–water partition coefficient (Wildman–Crippen LogP) is 2.99. The van der Waals surface area contributed by atoms with Crippen molar-refractivity contribution in [3.63, 3.8) is 0 Å². The van der Waals surface area contributed by atoms with E-state index in [9.17, 15) is 19.5 Å². The van der Waals surface area contributed by atoms with Gasteiger partial charge in [-0.3, -0.25) is 9.59 Å². The number of esters is 3. The molecule has 7 atom stereocenters. The number of carbonyl (C=O) groups excluding carboxylic acids is 3. The Morgan fingerprint density at radius 1 is 0.969 bits per heavy atom. The van der Waals surface area contributed by atoms with E-state index in [-0.39, 0.29) is 12.3 Å². The van der Waals surface area contributed by atoms with Gasteiger partial charge in [0.1, 0.15) is 23.4 Å². The highest BCUT2D eigenvalue weighted by Gasteiger charge is 2.53. The summed E-state index contributed by atoms with van der Waals surface area (Å²) >= 11 is 0. The largest absolute Gasteiger partial charge is 0.459 e. The molecule has 180 valence electrons. The second-order valence-electron chi connectivity index (χ2n) is 10.2. The van der Waals surface area contributed by atoms with Gasteiger partial charge in [-0.1, -0.05) is 6.58 Å². The van der Waals surface area contributed by atoms with Crippen LogP contribution in [0.25, 0.3) is 0 Å². The molecular weight excluding hydrogens is 416 g/mol. The van der Waals surface area contributed by atoms with Gasteiger partial charge in [0.15, 0.2) is 0 Å². The van der Waals surface area contributed by atoms with E-state index in [0.717, 1.165) is 0 Å².